The van der Waals surface area contributed by atoms with Crippen LogP contribution in [0.25, 0.3) is 0 Å². The Balaban J connectivity index is 3.06. The second-order valence-corrected chi connectivity index (χ2v) is 3.21. The molecule has 0 aliphatic carbocycles. The van der Waals surface area contributed by atoms with Gasteiger partial charge in [-0.1, -0.05) is 0 Å². The maximum atomic E-state index is 10.6. The first kappa shape index (κ1) is 8.95. The van der Waals surface area contributed by atoms with E-state index in [0.717, 1.165) is 0 Å². The molecule has 1 heterocycles. The van der Waals surface area contributed by atoms with Crippen molar-refractivity contribution in [1.29, 1.82) is 0 Å². The molecule has 0 saturated carbocycles. The van der Waals surface area contributed by atoms with Crippen molar-refractivity contribution in [2.45, 2.75) is 5.72 Å². The second-order valence-electron chi connectivity index (χ2n) is 3.21. The van der Waals surface area contributed by atoms with E-state index >= 15 is 0 Å². The first-order valence-corrected chi connectivity index (χ1v) is 3.28. The van der Waals surface area contributed by atoms with Gasteiger partial charge in [-0.3, -0.25) is 9.22 Å². The standard InChI is InChI=1S/C6H9NO5/c1-7(2)3-12-6(7,4(8)9)5(10)11/h3H2,1-2H3,(H-,8,9,10,11)/p+1. The molecule has 12 heavy (non-hydrogen) atoms. The van der Waals surface area contributed by atoms with E-state index in [0.29, 0.717) is 0 Å². The number of carboxylic acid groups (broad SMARTS) is 2. The number of rotatable bonds is 2. The predicted octanol–water partition coefficient (Wildman–Crippen LogP) is -1.08. The summed E-state index contributed by atoms with van der Waals surface area (Å²) in [7, 11) is 2.98. The van der Waals surface area contributed by atoms with E-state index in [-0.39, 0.29) is 11.2 Å². The lowest BCUT2D eigenvalue weighted by Crippen LogP contribution is -2.79. The van der Waals surface area contributed by atoms with Crippen molar-refractivity contribution in [2.75, 3.05) is 20.8 Å². The Morgan fingerprint density at radius 1 is 1.33 bits per heavy atom. The van der Waals surface area contributed by atoms with Crippen molar-refractivity contribution in [3.05, 3.63) is 0 Å². The van der Waals surface area contributed by atoms with Gasteiger partial charge in [-0.15, -0.1) is 0 Å². The third kappa shape index (κ3) is 0.759. The number of likely N-dealkylation sites (N-methyl/N-ethyl adjacent to an activating group) is 1. The van der Waals surface area contributed by atoms with Crippen molar-refractivity contribution >= 4 is 11.9 Å². The Labute approximate surface area is 68.6 Å². The lowest BCUT2D eigenvalue weighted by Gasteiger charge is -2.49. The maximum Gasteiger partial charge on any atom is 0.408 e. The molecule has 2 N–H and O–H groups in total. The molecule has 0 aromatic heterocycles. The fraction of sp³-hybridized carbons (Fsp3) is 0.667. The van der Waals surface area contributed by atoms with Crippen LogP contribution in [-0.4, -0.2) is 53.2 Å². The molecule has 68 valence electrons. The topological polar surface area (TPSA) is 83.8 Å². The van der Waals surface area contributed by atoms with Crippen LogP contribution in [0.2, 0.25) is 0 Å². The lowest BCUT2D eigenvalue weighted by molar-refractivity contribution is -1.03. The number of ether oxygens (including phenoxy) is 1. The van der Waals surface area contributed by atoms with Gasteiger partial charge in [0.25, 0.3) is 0 Å². The van der Waals surface area contributed by atoms with Gasteiger partial charge in [-0.25, -0.2) is 9.59 Å². The van der Waals surface area contributed by atoms with Gasteiger partial charge < -0.3 is 10.2 Å². The quantitative estimate of drug-likeness (QED) is 0.413. The van der Waals surface area contributed by atoms with Crippen molar-refractivity contribution < 1.29 is 29.0 Å². The van der Waals surface area contributed by atoms with Crippen molar-refractivity contribution in [3.63, 3.8) is 0 Å². The minimum absolute atomic E-state index is 0.0958. The van der Waals surface area contributed by atoms with Crippen molar-refractivity contribution in [3.8, 4) is 0 Å². The first-order valence-electron chi connectivity index (χ1n) is 3.28. The molecule has 0 radical (unpaired) electrons. The van der Waals surface area contributed by atoms with Crippen LogP contribution in [0, 0.1) is 0 Å². The molecule has 0 spiro atoms. The Kier molecular flexibility index (Phi) is 1.62. The zero-order valence-electron chi connectivity index (χ0n) is 6.77. The van der Waals surface area contributed by atoms with E-state index in [2.05, 4.69) is 4.74 Å². The van der Waals surface area contributed by atoms with Crippen LogP contribution < -0.4 is 0 Å². The van der Waals surface area contributed by atoms with E-state index in [4.69, 9.17) is 10.2 Å². The van der Waals surface area contributed by atoms with E-state index in [1.165, 1.54) is 14.1 Å². The molecule has 6 nitrogen and oxygen atoms in total. The van der Waals surface area contributed by atoms with E-state index in [1.807, 2.05) is 0 Å². The van der Waals surface area contributed by atoms with Gasteiger partial charge in [0.1, 0.15) is 0 Å². The first-order chi connectivity index (χ1) is 5.34. The van der Waals surface area contributed by atoms with Crippen LogP contribution >= 0.6 is 0 Å². The Hall–Kier alpha value is -1.14. The number of aliphatic carboxylic acids is 2. The number of carboxylic acids is 2. The Morgan fingerprint density at radius 2 is 1.75 bits per heavy atom. The molecule has 0 unspecified atom stereocenters. The van der Waals surface area contributed by atoms with Crippen LogP contribution in [0.15, 0.2) is 0 Å². The summed E-state index contributed by atoms with van der Waals surface area (Å²) in [5.41, 5.74) is -2.11. The predicted molar refractivity (Wildman–Crippen MR) is 36.1 cm³/mol. The van der Waals surface area contributed by atoms with Gasteiger partial charge in [0, 0.05) is 0 Å². The zero-order valence-corrected chi connectivity index (χ0v) is 6.77. The van der Waals surface area contributed by atoms with Crippen LogP contribution in [0.4, 0.5) is 0 Å². The Bertz CT molecular complexity index is 232. The van der Waals surface area contributed by atoms with Gasteiger partial charge in [0.05, 0.1) is 14.1 Å². The average Bonchev–Trinajstić information content (AvgIpc) is 1.84. The lowest BCUT2D eigenvalue weighted by atomic mass is 10.1. The summed E-state index contributed by atoms with van der Waals surface area (Å²) < 4.78 is 4.43. The van der Waals surface area contributed by atoms with Gasteiger partial charge in [-0.05, 0) is 0 Å². The summed E-state index contributed by atoms with van der Waals surface area (Å²) in [6, 6.07) is 0. The van der Waals surface area contributed by atoms with Gasteiger partial charge >= 0.3 is 17.7 Å². The van der Waals surface area contributed by atoms with Crippen LogP contribution in [0.5, 0.6) is 0 Å². The number of hydrogen-bond acceptors (Lipinski definition) is 3. The highest BCUT2D eigenvalue weighted by molar-refractivity contribution is 6.00. The van der Waals surface area contributed by atoms with E-state index < -0.39 is 17.7 Å². The molecule has 1 rings (SSSR count). The number of hydrogen-bond donors (Lipinski definition) is 2. The average molecular weight is 176 g/mol. The smallest absolute Gasteiger partial charge is 0.408 e. The largest absolute Gasteiger partial charge is 0.474 e. The molecule has 1 fully saturated rings. The molecule has 0 atom stereocenters. The summed E-state index contributed by atoms with van der Waals surface area (Å²) in [4.78, 5) is 21.3. The third-order valence-corrected chi connectivity index (χ3v) is 2.03. The fourth-order valence-corrected chi connectivity index (χ4v) is 1.18. The molecule has 0 amide bonds. The molecule has 6 heteroatoms. The normalized spacial score (nSPS) is 24.2. The minimum atomic E-state index is -2.11. The number of quaternary nitrogens is 1. The monoisotopic (exact) mass is 176 g/mol. The molecule has 0 bridgehead atoms. The summed E-state index contributed by atoms with van der Waals surface area (Å²) in [5.74, 6) is -2.93. The summed E-state index contributed by atoms with van der Waals surface area (Å²) in [6.45, 7) is 0.0958. The Morgan fingerprint density at radius 3 is 1.75 bits per heavy atom. The molecule has 1 aliphatic rings. The maximum absolute atomic E-state index is 10.6. The molecule has 0 aromatic rings. The van der Waals surface area contributed by atoms with Crippen LogP contribution in [-0.2, 0) is 14.3 Å². The highest BCUT2D eigenvalue weighted by atomic mass is 16.6. The third-order valence-electron chi connectivity index (χ3n) is 2.03. The minimum Gasteiger partial charge on any atom is -0.474 e. The highest BCUT2D eigenvalue weighted by Gasteiger charge is 2.70. The number of carbonyl (C=O) groups is 2. The summed E-state index contributed by atoms with van der Waals surface area (Å²) >= 11 is 0. The SMILES string of the molecule is C[N+]1(C)COC1(C(=O)O)C(=O)O. The van der Waals surface area contributed by atoms with Gasteiger partial charge in [0.2, 0.25) is 0 Å². The van der Waals surface area contributed by atoms with Crippen LogP contribution in [0.1, 0.15) is 0 Å². The fourth-order valence-electron chi connectivity index (χ4n) is 1.18. The van der Waals surface area contributed by atoms with E-state index in [9.17, 15) is 9.59 Å². The molecular weight excluding hydrogens is 166 g/mol. The molecule has 0 aromatic carbocycles. The summed E-state index contributed by atoms with van der Waals surface area (Å²) in [5, 5.41) is 17.3. The second kappa shape index (κ2) is 2.18. The van der Waals surface area contributed by atoms with Gasteiger partial charge in [0.15, 0.2) is 6.73 Å². The van der Waals surface area contributed by atoms with Crippen molar-refractivity contribution in [1.82, 2.24) is 0 Å². The molecular formula is C6H10NO5+. The molecule has 1 saturated heterocycles. The summed E-state index contributed by atoms with van der Waals surface area (Å²) in [6.07, 6.45) is 0. The van der Waals surface area contributed by atoms with Gasteiger partial charge in [-0.2, -0.15) is 0 Å². The number of nitrogens with zero attached hydrogens (tertiary/aromatic N) is 1. The van der Waals surface area contributed by atoms with E-state index in [1.54, 1.807) is 0 Å². The highest BCUT2D eigenvalue weighted by Crippen LogP contribution is 2.33. The zero-order chi connectivity index (χ0) is 9.57. The van der Waals surface area contributed by atoms with Crippen LogP contribution in [0.3, 0.4) is 0 Å². The van der Waals surface area contributed by atoms with Crippen molar-refractivity contribution in [2.24, 2.45) is 0 Å². The molecule has 1 aliphatic heterocycles.